The van der Waals surface area contributed by atoms with E-state index in [-0.39, 0.29) is 36.4 Å². The summed E-state index contributed by atoms with van der Waals surface area (Å²) >= 11 is 0. The lowest BCUT2D eigenvalue weighted by molar-refractivity contribution is -0.117. The lowest BCUT2D eigenvalue weighted by atomic mass is 10.2. The zero-order chi connectivity index (χ0) is 19.3. The molecular weight excluding hydrogens is 481 g/mol. The smallest absolute Gasteiger partial charge is 0.246 e. The van der Waals surface area contributed by atoms with Gasteiger partial charge in [0.2, 0.25) is 11.9 Å². The molecule has 1 N–H and O–H groups in total. The number of aromatic nitrogens is 2. The molecule has 2 aliphatic rings. The molecule has 0 bridgehead atoms. The Morgan fingerprint density at radius 3 is 2.52 bits per heavy atom. The van der Waals surface area contributed by atoms with Crippen molar-refractivity contribution < 1.29 is 4.79 Å². The molecule has 0 unspecified atom stereocenters. The summed E-state index contributed by atoms with van der Waals surface area (Å²) in [5.74, 6) is 1.59. The second-order valence-corrected chi connectivity index (χ2v) is 6.85. The van der Waals surface area contributed by atoms with E-state index < -0.39 is 0 Å². The fourth-order valence-electron chi connectivity index (χ4n) is 3.75. The van der Waals surface area contributed by atoms with Crippen LogP contribution in [0.3, 0.4) is 0 Å². The van der Waals surface area contributed by atoms with Gasteiger partial charge in [-0.1, -0.05) is 18.2 Å². The number of para-hydroxylation sites is 1. The Labute approximate surface area is 188 Å². The molecule has 2 aliphatic heterocycles. The van der Waals surface area contributed by atoms with Crippen molar-refractivity contribution >= 4 is 47.5 Å². The summed E-state index contributed by atoms with van der Waals surface area (Å²) in [5, 5.41) is 3.24. The third-order valence-electron chi connectivity index (χ3n) is 5.21. The van der Waals surface area contributed by atoms with Crippen LogP contribution in [0.4, 0.5) is 11.6 Å². The topological polar surface area (TPSA) is 77.0 Å². The maximum Gasteiger partial charge on any atom is 0.246 e. The summed E-state index contributed by atoms with van der Waals surface area (Å²) < 4.78 is 0. The minimum Gasteiger partial charge on any atom is -0.347 e. The standard InChI is InChI=1S/C20H25N7O.HI/c1-21-19(25-11-13-26(14-12-25)20-22-8-4-9-23-20)24-15-18(28)27-10-7-16-5-2-3-6-17(16)27;/h2-6,8-9H,7,10-15H2,1H3,(H,21,24);1H. The van der Waals surface area contributed by atoms with Crippen molar-refractivity contribution in [3.05, 3.63) is 48.3 Å². The van der Waals surface area contributed by atoms with E-state index in [0.29, 0.717) is 0 Å². The van der Waals surface area contributed by atoms with Gasteiger partial charge >= 0.3 is 0 Å². The molecule has 29 heavy (non-hydrogen) atoms. The molecule has 1 amide bonds. The third-order valence-corrected chi connectivity index (χ3v) is 5.21. The van der Waals surface area contributed by atoms with Gasteiger partial charge in [0, 0.05) is 57.9 Å². The monoisotopic (exact) mass is 507 g/mol. The molecule has 8 nitrogen and oxygen atoms in total. The molecule has 0 atom stereocenters. The van der Waals surface area contributed by atoms with Gasteiger partial charge in [-0.25, -0.2) is 9.97 Å². The van der Waals surface area contributed by atoms with Crippen LogP contribution in [-0.2, 0) is 11.2 Å². The lowest BCUT2D eigenvalue weighted by Crippen LogP contribution is -2.54. The number of aliphatic imine (C=N–C) groups is 1. The van der Waals surface area contributed by atoms with Gasteiger partial charge in [-0.15, -0.1) is 24.0 Å². The zero-order valence-corrected chi connectivity index (χ0v) is 18.8. The molecule has 1 aromatic heterocycles. The highest BCUT2D eigenvalue weighted by Crippen LogP contribution is 2.27. The maximum absolute atomic E-state index is 12.7. The van der Waals surface area contributed by atoms with Crippen molar-refractivity contribution in [2.75, 3.05) is 56.1 Å². The highest BCUT2D eigenvalue weighted by Gasteiger charge is 2.25. The van der Waals surface area contributed by atoms with Crippen molar-refractivity contribution in [2.45, 2.75) is 6.42 Å². The number of hydrogen-bond donors (Lipinski definition) is 1. The Balaban J connectivity index is 0.00000240. The molecule has 1 fully saturated rings. The minimum absolute atomic E-state index is 0. The number of fused-ring (bicyclic) bond motifs is 1. The average molecular weight is 507 g/mol. The van der Waals surface area contributed by atoms with Gasteiger partial charge < -0.3 is 20.0 Å². The number of anilines is 2. The van der Waals surface area contributed by atoms with Crippen LogP contribution >= 0.6 is 24.0 Å². The number of hydrogen-bond acceptors (Lipinski definition) is 5. The van der Waals surface area contributed by atoms with Gasteiger partial charge in [0.25, 0.3) is 0 Å². The number of carbonyl (C=O) groups is 1. The Morgan fingerprint density at radius 2 is 1.79 bits per heavy atom. The van der Waals surface area contributed by atoms with Gasteiger partial charge in [0.05, 0.1) is 6.54 Å². The first kappa shape index (κ1) is 21.3. The number of amides is 1. The summed E-state index contributed by atoms with van der Waals surface area (Å²) in [4.78, 5) is 31.9. The largest absolute Gasteiger partial charge is 0.347 e. The van der Waals surface area contributed by atoms with E-state index in [0.717, 1.165) is 56.7 Å². The van der Waals surface area contributed by atoms with Crippen LogP contribution < -0.4 is 15.1 Å². The highest BCUT2D eigenvalue weighted by atomic mass is 127. The van der Waals surface area contributed by atoms with E-state index in [9.17, 15) is 4.79 Å². The van der Waals surface area contributed by atoms with E-state index in [1.807, 2.05) is 29.2 Å². The van der Waals surface area contributed by atoms with Crippen molar-refractivity contribution in [2.24, 2.45) is 4.99 Å². The summed E-state index contributed by atoms with van der Waals surface area (Å²) in [6.07, 6.45) is 4.44. The van der Waals surface area contributed by atoms with Crippen LogP contribution in [0.25, 0.3) is 0 Å². The van der Waals surface area contributed by atoms with Crippen molar-refractivity contribution in [1.82, 2.24) is 20.2 Å². The van der Waals surface area contributed by atoms with E-state index in [2.05, 4.69) is 36.1 Å². The fourth-order valence-corrected chi connectivity index (χ4v) is 3.75. The summed E-state index contributed by atoms with van der Waals surface area (Å²) in [6.45, 7) is 4.23. The Bertz CT molecular complexity index is 853. The molecule has 9 heteroatoms. The molecule has 0 spiro atoms. The number of benzene rings is 1. The van der Waals surface area contributed by atoms with Crippen LogP contribution in [0, 0.1) is 0 Å². The normalized spacial score (nSPS) is 16.3. The molecule has 2 aromatic rings. The first-order chi connectivity index (χ1) is 13.8. The minimum atomic E-state index is 0. The first-order valence-electron chi connectivity index (χ1n) is 9.62. The van der Waals surface area contributed by atoms with Crippen molar-refractivity contribution in [3.8, 4) is 0 Å². The lowest BCUT2D eigenvalue weighted by Gasteiger charge is -2.36. The molecule has 0 radical (unpaired) electrons. The fraction of sp³-hybridized carbons (Fsp3) is 0.400. The van der Waals surface area contributed by atoms with Crippen molar-refractivity contribution in [1.29, 1.82) is 0 Å². The second kappa shape index (κ2) is 9.86. The average Bonchev–Trinajstić information content (AvgIpc) is 3.19. The molecule has 4 rings (SSSR count). The van der Waals surface area contributed by atoms with Gasteiger partial charge in [-0.05, 0) is 24.1 Å². The number of halogens is 1. The van der Waals surface area contributed by atoms with E-state index in [1.165, 1.54) is 5.56 Å². The first-order valence-corrected chi connectivity index (χ1v) is 9.62. The van der Waals surface area contributed by atoms with Crippen LogP contribution in [0.1, 0.15) is 5.56 Å². The number of carbonyl (C=O) groups excluding carboxylic acids is 1. The molecule has 1 aromatic carbocycles. The molecule has 1 saturated heterocycles. The number of guanidine groups is 1. The molecular formula is C20H26IN7O. The molecule has 0 aliphatic carbocycles. The third kappa shape index (κ3) is 4.77. The van der Waals surface area contributed by atoms with Gasteiger partial charge in [0.1, 0.15) is 0 Å². The Morgan fingerprint density at radius 1 is 1.07 bits per heavy atom. The van der Waals surface area contributed by atoms with Gasteiger partial charge in [-0.2, -0.15) is 0 Å². The van der Waals surface area contributed by atoms with Crippen LogP contribution in [0.5, 0.6) is 0 Å². The van der Waals surface area contributed by atoms with Gasteiger partial charge in [-0.3, -0.25) is 9.79 Å². The predicted molar refractivity (Wildman–Crippen MR) is 125 cm³/mol. The Kier molecular flexibility index (Phi) is 7.24. The number of rotatable bonds is 3. The molecule has 3 heterocycles. The van der Waals surface area contributed by atoms with E-state index >= 15 is 0 Å². The molecule has 0 saturated carbocycles. The van der Waals surface area contributed by atoms with Crippen LogP contribution in [0.15, 0.2) is 47.7 Å². The number of piperazine rings is 1. The van der Waals surface area contributed by atoms with Crippen molar-refractivity contribution in [3.63, 3.8) is 0 Å². The predicted octanol–water partition coefficient (Wildman–Crippen LogP) is 1.38. The molecule has 154 valence electrons. The van der Waals surface area contributed by atoms with Crippen LogP contribution in [0.2, 0.25) is 0 Å². The zero-order valence-electron chi connectivity index (χ0n) is 16.5. The van der Waals surface area contributed by atoms with E-state index in [1.54, 1.807) is 19.4 Å². The second-order valence-electron chi connectivity index (χ2n) is 6.85. The van der Waals surface area contributed by atoms with E-state index in [4.69, 9.17) is 0 Å². The number of nitrogens with zero attached hydrogens (tertiary/aromatic N) is 6. The summed E-state index contributed by atoms with van der Waals surface area (Å²) in [5.41, 5.74) is 2.26. The van der Waals surface area contributed by atoms with Crippen LogP contribution in [-0.4, -0.2) is 73.1 Å². The maximum atomic E-state index is 12.7. The highest BCUT2D eigenvalue weighted by molar-refractivity contribution is 14.0. The number of nitrogens with one attached hydrogen (secondary N) is 1. The summed E-state index contributed by atoms with van der Waals surface area (Å²) in [6, 6.07) is 9.92. The Hall–Kier alpha value is -2.43. The summed E-state index contributed by atoms with van der Waals surface area (Å²) in [7, 11) is 1.75. The SMILES string of the molecule is CN=C(NCC(=O)N1CCc2ccccc21)N1CCN(c2ncccn2)CC1.I. The van der Waals surface area contributed by atoms with Gasteiger partial charge in [0.15, 0.2) is 5.96 Å². The quantitative estimate of drug-likeness (QED) is 0.385.